The topological polar surface area (TPSA) is 133 Å². The number of anilines is 1. The first-order valence-electron chi connectivity index (χ1n) is 8.27. The summed E-state index contributed by atoms with van der Waals surface area (Å²) in [6.07, 6.45) is 1.34. The van der Waals surface area contributed by atoms with Crippen molar-refractivity contribution in [3.63, 3.8) is 0 Å². The number of fused-ring (bicyclic) bond motifs is 1. The molecule has 3 aromatic rings. The second-order valence-corrected chi connectivity index (χ2v) is 6.61. The monoisotopic (exact) mass is 547 g/mol. The summed E-state index contributed by atoms with van der Waals surface area (Å²) >= 11 is 6.24. The maximum atomic E-state index is 14.5. The van der Waals surface area contributed by atoms with Crippen molar-refractivity contribution in [2.24, 2.45) is 0 Å². The van der Waals surface area contributed by atoms with Crippen molar-refractivity contribution in [3.8, 4) is 11.5 Å². The Hall–Kier alpha value is -1.70. The quantitative estimate of drug-likeness (QED) is 0.398. The molecular weight excluding hydrogens is 530 g/mol. The molecule has 0 bridgehead atoms. The van der Waals surface area contributed by atoms with E-state index >= 15 is 0 Å². The van der Waals surface area contributed by atoms with Gasteiger partial charge in [0.05, 0.1) is 11.9 Å². The summed E-state index contributed by atoms with van der Waals surface area (Å²) in [5.74, 6) is -2.39. The van der Waals surface area contributed by atoms with Crippen LogP contribution in [0.5, 0.6) is 11.5 Å². The molecule has 14 heteroatoms. The number of phenols is 1. The number of phenolic OH excluding ortho intramolecular Hbond substituents is 1. The summed E-state index contributed by atoms with van der Waals surface area (Å²) in [4.78, 5) is 28.7. The molecule has 0 spiro atoms. The standard InChI is InChI=1S/C15H12ClFN4O5S.C2H6N.Y/c1-18-27-20-13-12(17)7(2-3-19-13)6-21-14(23)8-4-11(26-16)9(22)5-10(8)25-15(21)24;1-3-2;/h2-5,18,22H,6H2,1H3,(H,19,20);1-2H3;/q;-1;. The molecule has 0 aliphatic carbocycles. The number of hydrogen-bond acceptors (Lipinski definition) is 9. The molecular formula is C17H18ClFN5O5SY-. The molecule has 0 amide bonds. The summed E-state index contributed by atoms with van der Waals surface area (Å²) in [5.41, 5.74) is -0.865. The summed E-state index contributed by atoms with van der Waals surface area (Å²) < 4.78 is 30.1. The Morgan fingerprint density at radius 2 is 2.06 bits per heavy atom. The van der Waals surface area contributed by atoms with Crippen LogP contribution in [0, 0.1) is 5.82 Å². The van der Waals surface area contributed by atoms with Crippen LogP contribution < -0.4 is 25.0 Å². The molecule has 3 rings (SSSR count). The van der Waals surface area contributed by atoms with Gasteiger partial charge >= 0.3 is 5.76 Å². The van der Waals surface area contributed by atoms with Gasteiger partial charge in [0, 0.05) is 68.7 Å². The molecule has 2 aromatic heterocycles. The van der Waals surface area contributed by atoms with Crippen molar-refractivity contribution in [2.45, 2.75) is 6.54 Å². The van der Waals surface area contributed by atoms with E-state index in [0.29, 0.717) is 4.57 Å². The second kappa shape index (κ2) is 13.0. The van der Waals surface area contributed by atoms with Gasteiger partial charge in [-0.3, -0.25) is 9.52 Å². The zero-order valence-electron chi connectivity index (χ0n) is 16.7. The van der Waals surface area contributed by atoms with Gasteiger partial charge in [-0.2, -0.15) is 14.1 Å². The number of benzene rings is 1. The maximum absolute atomic E-state index is 14.5. The van der Waals surface area contributed by atoms with Crippen molar-refractivity contribution >= 4 is 40.8 Å². The van der Waals surface area contributed by atoms with Gasteiger partial charge in [0.25, 0.3) is 5.56 Å². The van der Waals surface area contributed by atoms with E-state index in [1.54, 1.807) is 21.1 Å². The fraction of sp³-hybridized carbons (Fsp3) is 0.235. The molecule has 0 unspecified atom stereocenters. The van der Waals surface area contributed by atoms with E-state index in [2.05, 4.69) is 24.0 Å². The van der Waals surface area contributed by atoms with Crippen LogP contribution in [0.2, 0.25) is 0 Å². The molecule has 0 atom stereocenters. The second-order valence-electron chi connectivity index (χ2n) is 5.64. The summed E-state index contributed by atoms with van der Waals surface area (Å²) in [5, 5.41) is 13.1. The molecule has 0 aliphatic heterocycles. The van der Waals surface area contributed by atoms with Crippen molar-refractivity contribution in [1.29, 1.82) is 0 Å². The maximum Gasteiger partial charge on any atom is 0.422 e. The minimum Gasteiger partial charge on any atom is -0.668 e. The van der Waals surface area contributed by atoms with Crippen LogP contribution in [-0.2, 0) is 39.3 Å². The van der Waals surface area contributed by atoms with Crippen LogP contribution in [0.15, 0.2) is 38.4 Å². The van der Waals surface area contributed by atoms with E-state index in [1.165, 1.54) is 12.3 Å². The Kier molecular flexibility index (Phi) is 11.5. The number of halogens is 2. The Bertz CT molecular complexity index is 1150. The average Bonchev–Trinajstić information content (AvgIpc) is 2.71. The van der Waals surface area contributed by atoms with Crippen molar-refractivity contribution < 1.29 is 50.9 Å². The average molecular weight is 548 g/mol. The SMILES string of the molecule is CNSNc1nccc(Cn2c(=O)oc3cc(O)c(OCl)cc3c2=O)c1F.C[N-]C.[Y]. The van der Waals surface area contributed by atoms with Gasteiger partial charge in [-0.15, -0.1) is 0 Å². The third kappa shape index (κ3) is 6.64. The Labute approximate surface area is 210 Å². The largest absolute Gasteiger partial charge is 0.668 e. The van der Waals surface area contributed by atoms with Gasteiger partial charge < -0.3 is 19.1 Å². The number of aromatic nitrogens is 2. The molecule has 2 heterocycles. The van der Waals surface area contributed by atoms with Crippen LogP contribution in [0.1, 0.15) is 5.56 Å². The van der Waals surface area contributed by atoms with Crippen LogP contribution in [0.25, 0.3) is 16.3 Å². The Morgan fingerprint density at radius 1 is 1.39 bits per heavy atom. The third-order valence-corrected chi connectivity index (χ3v) is 4.25. The molecule has 3 N–H and O–H groups in total. The number of nitrogens with one attached hydrogen (secondary N) is 2. The first kappa shape index (κ1) is 27.3. The zero-order valence-corrected chi connectivity index (χ0v) is 21.1. The predicted molar refractivity (Wildman–Crippen MR) is 114 cm³/mol. The normalized spacial score (nSPS) is 10.1. The predicted octanol–water partition coefficient (Wildman–Crippen LogP) is 2.59. The fourth-order valence-corrected chi connectivity index (χ4v) is 2.79. The number of aromatic hydroxyl groups is 1. The van der Waals surface area contributed by atoms with Crippen molar-refractivity contribution in [2.75, 3.05) is 25.9 Å². The smallest absolute Gasteiger partial charge is 0.422 e. The summed E-state index contributed by atoms with van der Waals surface area (Å²) in [6, 6.07) is 3.49. The molecule has 0 saturated heterocycles. The summed E-state index contributed by atoms with van der Waals surface area (Å²) in [6.45, 7) is -0.387. The van der Waals surface area contributed by atoms with Crippen LogP contribution >= 0.6 is 24.0 Å². The van der Waals surface area contributed by atoms with Gasteiger partial charge in [0.15, 0.2) is 23.1 Å². The number of nitrogens with zero attached hydrogens (tertiary/aromatic N) is 3. The van der Waals surface area contributed by atoms with E-state index in [9.17, 15) is 19.1 Å². The van der Waals surface area contributed by atoms with Gasteiger partial charge in [-0.05, 0) is 13.1 Å². The molecule has 1 radical (unpaired) electrons. The molecule has 10 nitrogen and oxygen atoms in total. The van der Waals surface area contributed by atoms with Crippen LogP contribution in [0.4, 0.5) is 10.2 Å². The first-order chi connectivity index (χ1) is 14.4. The fourth-order valence-electron chi connectivity index (χ4n) is 2.32. The Morgan fingerprint density at radius 3 is 2.68 bits per heavy atom. The molecule has 0 aliphatic rings. The third-order valence-electron chi connectivity index (χ3n) is 3.58. The van der Waals surface area contributed by atoms with E-state index < -0.39 is 22.9 Å². The van der Waals surface area contributed by atoms with Gasteiger partial charge in [-0.1, -0.05) is 0 Å². The van der Waals surface area contributed by atoms with E-state index in [4.69, 9.17) is 16.3 Å². The minimum atomic E-state index is -1.01. The Balaban J connectivity index is 0.00000113. The van der Waals surface area contributed by atoms with Crippen molar-refractivity contribution in [1.82, 2.24) is 14.3 Å². The van der Waals surface area contributed by atoms with E-state index in [0.717, 1.165) is 24.3 Å². The molecule has 1 aromatic carbocycles. The zero-order chi connectivity index (χ0) is 22.3. The molecule has 0 fully saturated rings. The first-order valence-corrected chi connectivity index (χ1v) is 9.39. The molecule has 0 saturated carbocycles. The summed E-state index contributed by atoms with van der Waals surface area (Å²) in [7, 11) is 5.13. The van der Waals surface area contributed by atoms with Crippen LogP contribution in [-0.4, -0.2) is 35.8 Å². The molecule has 31 heavy (non-hydrogen) atoms. The minimum absolute atomic E-state index is 0. The number of hydrogen-bond donors (Lipinski definition) is 3. The van der Waals surface area contributed by atoms with E-state index in [-0.39, 0.29) is 67.4 Å². The van der Waals surface area contributed by atoms with Gasteiger partial charge in [0.1, 0.15) is 17.4 Å². The number of rotatable bonds is 6. The van der Waals surface area contributed by atoms with Gasteiger partial charge in [-0.25, -0.2) is 23.5 Å². The van der Waals surface area contributed by atoms with Gasteiger partial charge in [0.2, 0.25) is 0 Å². The van der Waals surface area contributed by atoms with Crippen LogP contribution in [0.3, 0.4) is 0 Å². The van der Waals surface area contributed by atoms with Crippen molar-refractivity contribution in [3.05, 3.63) is 62.0 Å². The number of pyridine rings is 1. The van der Waals surface area contributed by atoms with E-state index in [1.807, 2.05) is 0 Å². The molecule has 165 valence electrons.